The molecule has 0 saturated carbocycles. The van der Waals surface area contributed by atoms with Crippen LogP contribution in [-0.2, 0) is 17.8 Å². The van der Waals surface area contributed by atoms with Crippen LogP contribution in [-0.4, -0.2) is 32.2 Å². The maximum Gasteiger partial charge on any atom is 0.325 e. The number of benzene rings is 1. The van der Waals surface area contributed by atoms with Crippen LogP contribution in [0.1, 0.15) is 49.7 Å². The number of carbonyl (C=O) groups is 1. The Morgan fingerprint density at radius 3 is 2.50 bits per heavy atom. The van der Waals surface area contributed by atoms with E-state index in [2.05, 4.69) is 10.2 Å². The summed E-state index contributed by atoms with van der Waals surface area (Å²) in [6.45, 7) is 7.51. The second kappa shape index (κ2) is 7.53. The second-order valence-electron chi connectivity index (χ2n) is 5.96. The van der Waals surface area contributed by atoms with E-state index < -0.39 is 12.0 Å². The van der Waals surface area contributed by atoms with Crippen LogP contribution in [0.5, 0.6) is 0 Å². The van der Waals surface area contributed by atoms with Gasteiger partial charge in [0.15, 0.2) is 0 Å². The van der Waals surface area contributed by atoms with E-state index in [1.807, 2.05) is 20.8 Å². The molecule has 0 aliphatic heterocycles. The molecule has 2 rings (SSSR count). The molecule has 0 radical (unpaired) electrons. The van der Waals surface area contributed by atoms with Gasteiger partial charge in [-0.1, -0.05) is 19.1 Å². The van der Waals surface area contributed by atoms with Gasteiger partial charge in [-0.3, -0.25) is 9.69 Å². The van der Waals surface area contributed by atoms with Gasteiger partial charge < -0.3 is 9.52 Å². The number of aliphatic carboxylic acids is 1. The van der Waals surface area contributed by atoms with Crippen LogP contribution in [0.15, 0.2) is 22.6 Å². The Kier molecular flexibility index (Phi) is 5.66. The molecular weight excluding hydrogens is 313 g/mol. The molecule has 0 unspecified atom stereocenters. The maximum absolute atomic E-state index is 13.5. The predicted molar refractivity (Wildman–Crippen MR) is 85.9 cm³/mol. The minimum Gasteiger partial charge on any atom is -0.480 e. The number of carboxylic acid groups (broad SMARTS) is 1. The number of carboxylic acids is 1. The Balaban J connectivity index is 2.36. The average Bonchev–Trinajstić information content (AvgIpc) is 2.97. The molecule has 1 heterocycles. The highest BCUT2D eigenvalue weighted by molar-refractivity contribution is 5.75. The van der Waals surface area contributed by atoms with Crippen LogP contribution < -0.4 is 0 Å². The summed E-state index contributed by atoms with van der Waals surface area (Å²) in [4.78, 5) is 13.6. The number of aryl methyl sites for hydroxylation is 2. The first-order chi connectivity index (χ1) is 11.3. The number of nitrogens with zero attached hydrogens (tertiary/aromatic N) is 3. The molecule has 0 amide bonds. The van der Waals surface area contributed by atoms with Gasteiger partial charge in [0.25, 0.3) is 0 Å². The van der Waals surface area contributed by atoms with Gasteiger partial charge in [0.2, 0.25) is 11.8 Å². The van der Waals surface area contributed by atoms with Gasteiger partial charge in [0.05, 0.1) is 6.54 Å². The zero-order valence-corrected chi connectivity index (χ0v) is 14.3. The minimum atomic E-state index is -1.01. The highest BCUT2D eigenvalue weighted by Crippen LogP contribution is 2.27. The van der Waals surface area contributed by atoms with Crippen molar-refractivity contribution in [2.75, 3.05) is 0 Å². The largest absolute Gasteiger partial charge is 0.480 e. The molecule has 0 fully saturated rings. The lowest BCUT2D eigenvalue weighted by atomic mass is 10.0. The SMILES string of the molecule is CCc1nnc(CN(C(C)C)[C@H](C(=O)O)c2ccc(F)c(C)c2)o1. The Bertz CT molecular complexity index is 715. The van der Waals surface area contributed by atoms with Gasteiger partial charge in [-0.05, 0) is 38.0 Å². The third kappa shape index (κ3) is 3.97. The maximum atomic E-state index is 13.5. The lowest BCUT2D eigenvalue weighted by Crippen LogP contribution is -2.38. The normalized spacial score (nSPS) is 12.8. The molecule has 1 atom stereocenters. The Labute approximate surface area is 140 Å². The highest BCUT2D eigenvalue weighted by atomic mass is 19.1. The summed E-state index contributed by atoms with van der Waals surface area (Å²) in [6.07, 6.45) is 0.619. The zero-order valence-electron chi connectivity index (χ0n) is 14.3. The number of rotatable bonds is 7. The lowest BCUT2D eigenvalue weighted by molar-refractivity contribution is -0.145. The van der Waals surface area contributed by atoms with Gasteiger partial charge in [0.1, 0.15) is 11.9 Å². The van der Waals surface area contributed by atoms with Gasteiger partial charge in [-0.25, -0.2) is 4.39 Å². The zero-order chi connectivity index (χ0) is 17.9. The van der Waals surface area contributed by atoms with Crippen molar-refractivity contribution in [3.05, 3.63) is 46.9 Å². The molecule has 0 bridgehead atoms. The number of halogens is 1. The van der Waals surface area contributed by atoms with Crippen LogP contribution in [0, 0.1) is 12.7 Å². The monoisotopic (exact) mass is 335 g/mol. The highest BCUT2D eigenvalue weighted by Gasteiger charge is 2.31. The van der Waals surface area contributed by atoms with Gasteiger partial charge in [-0.15, -0.1) is 10.2 Å². The molecule has 6 nitrogen and oxygen atoms in total. The summed E-state index contributed by atoms with van der Waals surface area (Å²) in [5.74, 6) is -0.489. The van der Waals surface area contributed by atoms with Crippen LogP contribution in [0.2, 0.25) is 0 Å². The molecule has 0 saturated heterocycles. The summed E-state index contributed by atoms with van der Waals surface area (Å²) >= 11 is 0. The van der Waals surface area contributed by atoms with E-state index in [0.717, 1.165) is 0 Å². The fraction of sp³-hybridized carbons (Fsp3) is 0.471. The third-order valence-electron chi connectivity index (χ3n) is 3.86. The molecule has 24 heavy (non-hydrogen) atoms. The van der Waals surface area contributed by atoms with Crippen molar-refractivity contribution in [3.63, 3.8) is 0 Å². The molecular formula is C17H22FN3O3. The van der Waals surface area contributed by atoms with E-state index >= 15 is 0 Å². The van der Waals surface area contributed by atoms with Crippen molar-refractivity contribution in [2.24, 2.45) is 0 Å². The summed E-state index contributed by atoms with van der Waals surface area (Å²) in [6, 6.07) is 3.34. The van der Waals surface area contributed by atoms with Crippen molar-refractivity contribution in [1.29, 1.82) is 0 Å². The smallest absolute Gasteiger partial charge is 0.325 e. The van der Waals surface area contributed by atoms with E-state index in [9.17, 15) is 14.3 Å². The summed E-state index contributed by atoms with van der Waals surface area (Å²) < 4.78 is 19.0. The van der Waals surface area contributed by atoms with Crippen molar-refractivity contribution in [2.45, 2.75) is 52.7 Å². The lowest BCUT2D eigenvalue weighted by Gasteiger charge is -2.31. The summed E-state index contributed by atoms with van der Waals surface area (Å²) in [5, 5.41) is 17.6. The average molecular weight is 335 g/mol. The quantitative estimate of drug-likeness (QED) is 0.837. The molecule has 0 spiro atoms. The van der Waals surface area contributed by atoms with Crippen LogP contribution in [0.3, 0.4) is 0 Å². The van der Waals surface area contributed by atoms with Crippen LogP contribution in [0.25, 0.3) is 0 Å². The van der Waals surface area contributed by atoms with Crippen molar-refractivity contribution >= 4 is 5.97 Å². The van der Waals surface area contributed by atoms with E-state index in [-0.39, 0.29) is 18.4 Å². The van der Waals surface area contributed by atoms with Crippen molar-refractivity contribution in [1.82, 2.24) is 15.1 Å². The third-order valence-corrected chi connectivity index (χ3v) is 3.86. The Hall–Kier alpha value is -2.28. The molecule has 1 N–H and O–H groups in total. The molecule has 1 aromatic carbocycles. The standard InChI is InChI=1S/C17H22FN3O3/c1-5-14-19-20-15(24-14)9-21(10(2)3)16(17(22)23)12-6-7-13(18)11(4)8-12/h6-8,10,16H,5,9H2,1-4H3,(H,22,23)/t16-/m0/s1. The summed E-state index contributed by atoms with van der Waals surface area (Å²) in [7, 11) is 0. The number of hydrogen-bond acceptors (Lipinski definition) is 5. The molecule has 130 valence electrons. The number of hydrogen-bond donors (Lipinski definition) is 1. The first kappa shape index (κ1) is 18.1. The molecule has 0 aliphatic rings. The number of aromatic nitrogens is 2. The second-order valence-corrected chi connectivity index (χ2v) is 5.96. The van der Waals surface area contributed by atoms with Crippen molar-refractivity contribution < 1.29 is 18.7 Å². The van der Waals surface area contributed by atoms with E-state index in [1.54, 1.807) is 17.9 Å². The van der Waals surface area contributed by atoms with E-state index in [4.69, 9.17) is 4.42 Å². The van der Waals surface area contributed by atoms with Gasteiger partial charge >= 0.3 is 5.97 Å². The van der Waals surface area contributed by atoms with Crippen molar-refractivity contribution in [3.8, 4) is 0 Å². The molecule has 2 aromatic rings. The van der Waals surface area contributed by atoms with Gasteiger partial charge in [-0.2, -0.15) is 0 Å². The van der Waals surface area contributed by atoms with Crippen LogP contribution in [0.4, 0.5) is 4.39 Å². The molecule has 7 heteroatoms. The first-order valence-corrected chi connectivity index (χ1v) is 7.89. The fourth-order valence-electron chi connectivity index (χ4n) is 2.54. The minimum absolute atomic E-state index is 0.0894. The topological polar surface area (TPSA) is 79.5 Å². The summed E-state index contributed by atoms with van der Waals surface area (Å²) in [5.41, 5.74) is 0.929. The van der Waals surface area contributed by atoms with Gasteiger partial charge in [0, 0.05) is 12.5 Å². The van der Waals surface area contributed by atoms with E-state index in [1.165, 1.54) is 12.1 Å². The van der Waals surface area contributed by atoms with E-state index in [0.29, 0.717) is 29.3 Å². The molecule has 0 aliphatic carbocycles. The predicted octanol–water partition coefficient (Wildman–Crippen LogP) is 3.12. The fourth-order valence-corrected chi connectivity index (χ4v) is 2.54. The first-order valence-electron chi connectivity index (χ1n) is 7.89. The Morgan fingerprint density at radius 2 is 2.00 bits per heavy atom. The molecule has 1 aromatic heterocycles. The Morgan fingerprint density at radius 1 is 1.33 bits per heavy atom. The van der Waals surface area contributed by atoms with Crippen LogP contribution >= 0.6 is 0 Å².